The Morgan fingerprint density at radius 1 is 1.17 bits per heavy atom. The van der Waals surface area contributed by atoms with Crippen LogP contribution >= 0.6 is 23.2 Å². The maximum Gasteiger partial charge on any atom is 0.410 e. The first-order valence-electron chi connectivity index (χ1n) is 7.61. The number of carbonyl (C=O) groups excluding carboxylic acids is 1. The highest BCUT2D eigenvalue weighted by Gasteiger charge is 2.40. The van der Waals surface area contributed by atoms with Crippen molar-refractivity contribution in [3.63, 3.8) is 0 Å². The van der Waals surface area contributed by atoms with E-state index < -0.39 is 11.7 Å². The third-order valence-corrected chi connectivity index (χ3v) is 4.91. The van der Waals surface area contributed by atoms with Gasteiger partial charge in [0.1, 0.15) is 12.2 Å². The Balaban J connectivity index is 1.63. The van der Waals surface area contributed by atoms with Crippen molar-refractivity contribution in [2.45, 2.75) is 18.6 Å². The molecule has 0 saturated carbocycles. The zero-order valence-corrected chi connectivity index (χ0v) is 14.4. The van der Waals surface area contributed by atoms with E-state index in [0.717, 1.165) is 5.56 Å². The van der Waals surface area contributed by atoms with Gasteiger partial charge in [-0.1, -0.05) is 59.6 Å². The van der Waals surface area contributed by atoms with E-state index in [-0.39, 0.29) is 13.2 Å². The number of nitrogens with zero attached hydrogens (tertiary/aromatic N) is 1. The van der Waals surface area contributed by atoms with Gasteiger partial charge in [-0.25, -0.2) is 4.79 Å². The lowest BCUT2D eigenvalue weighted by atomic mass is 9.93. The van der Waals surface area contributed by atoms with Crippen molar-refractivity contribution in [3.05, 3.63) is 69.7 Å². The van der Waals surface area contributed by atoms with E-state index in [9.17, 15) is 9.90 Å². The maximum atomic E-state index is 12.2. The molecule has 2 aromatic carbocycles. The van der Waals surface area contributed by atoms with E-state index in [2.05, 4.69) is 0 Å². The molecule has 3 rings (SSSR count). The highest BCUT2D eigenvalue weighted by atomic mass is 35.5. The highest BCUT2D eigenvalue weighted by molar-refractivity contribution is 6.42. The van der Waals surface area contributed by atoms with Crippen molar-refractivity contribution >= 4 is 29.3 Å². The first-order valence-corrected chi connectivity index (χ1v) is 8.37. The molecule has 1 fully saturated rings. The molecular weight excluding hydrogens is 349 g/mol. The van der Waals surface area contributed by atoms with Gasteiger partial charge in [-0.05, 0) is 29.7 Å². The lowest BCUT2D eigenvalue weighted by Crippen LogP contribution is -2.34. The second kappa shape index (κ2) is 7.01. The average Bonchev–Trinajstić information content (AvgIpc) is 3.00. The quantitative estimate of drug-likeness (QED) is 0.885. The van der Waals surface area contributed by atoms with Crippen LogP contribution in [0.1, 0.15) is 17.5 Å². The van der Waals surface area contributed by atoms with Gasteiger partial charge >= 0.3 is 6.09 Å². The van der Waals surface area contributed by atoms with Crippen molar-refractivity contribution in [2.75, 3.05) is 13.1 Å². The lowest BCUT2D eigenvalue weighted by molar-refractivity contribution is 0.0407. The monoisotopic (exact) mass is 365 g/mol. The summed E-state index contributed by atoms with van der Waals surface area (Å²) in [6.45, 7) is 0.796. The number of amides is 1. The highest BCUT2D eigenvalue weighted by Crippen LogP contribution is 2.35. The number of β-amino-alcohol motifs (C(OH)–C–C–N with tert-alkyl or cyclic N) is 1. The molecular formula is C18H17Cl2NO3. The number of aliphatic hydroxyl groups is 1. The summed E-state index contributed by atoms with van der Waals surface area (Å²) in [5.74, 6) is 0. The van der Waals surface area contributed by atoms with E-state index in [1.807, 2.05) is 30.3 Å². The number of halogens is 2. The molecule has 1 aliphatic rings. The van der Waals surface area contributed by atoms with Crippen molar-refractivity contribution < 1.29 is 14.6 Å². The van der Waals surface area contributed by atoms with Crippen LogP contribution in [0.4, 0.5) is 4.79 Å². The van der Waals surface area contributed by atoms with Crippen LogP contribution in [0.5, 0.6) is 0 Å². The summed E-state index contributed by atoms with van der Waals surface area (Å²) >= 11 is 11.9. The minimum absolute atomic E-state index is 0.165. The Morgan fingerprint density at radius 2 is 1.92 bits per heavy atom. The van der Waals surface area contributed by atoms with Gasteiger partial charge in [0, 0.05) is 6.54 Å². The second-order valence-corrected chi connectivity index (χ2v) is 6.69. The minimum atomic E-state index is -1.14. The molecule has 6 heteroatoms. The standard InChI is InChI=1S/C18H17Cl2NO3/c19-15-7-6-14(10-16(15)20)18(23)8-9-21(12-18)17(22)24-11-13-4-2-1-3-5-13/h1-7,10,23H,8-9,11-12H2. The molecule has 0 aliphatic carbocycles. The van der Waals surface area contributed by atoms with Gasteiger partial charge in [-0.3, -0.25) is 0 Å². The van der Waals surface area contributed by atoms with E-state index >= 15 is 0 Å². The normalized spacial score (nSPS) is 20.2. The Hall–Kier alpha value is -1.75. The zero-order valence-electron chi connectivity index (χ0n) is 12.9. The summed E-state index contributed by atoms with van der Waals surface area (Å²) in [6.07, 6.45) is -0.0133. The van der Waals surface area contributed by atoms with Gasteiger partial charge in [-0.15, -0.1) is 0 Å². The Morgan fingerprint density at radius 3 is 2.62 bits per heavy atom. The van der Waals surface area contributed by atoms with Crippen LogP contribution in [-0.2, 0) is 16.9 Å². The molecule has 0 radical (unpaired) electrons. The maximum absolute atomic E-state index is 12.2. The molecule has 1 saturated heterocycles. The second-order valence-electron chi connectivity index (χ2n) is 5.87. The molecule has 126 valence electrons. The number of carbonyl (C=O) groups is 1. The Labute approximate surface area is 150 Å². The molecule has 1 N–H and O–H groups in total. The van der Waals surface area contributed by atoms with E-state index in [4.69, 9.17) is 27.9 Å². The molecule has 24 heavy (non-hydrogen) atoms. The lowest BCUT2D eigenvalue weighted by Gasteiger charge is -2.24. The van der Waals surface area contributed by atoms with Crippen molar-refractivity contribution in [3.8, 4) is 0 Å². The summed E-state index contributed by atoms with van der Waals surface area (Å²) < 4.78 is 5.31. The number of rotatable bonds is 3. The minimum Gasteiger partial charge on any atom is -0.445 e. The number of hydrogen-bond acceptors (Lipinski definition) is 3. The van der Waals surface area contributed by atoms with Gasteiger partial charge in [-0.2, -0.15) is 0 Å². The Kier molecular flexibility index (Phi) is 4.99. The third kappa shape index (κ3) is 3.66. The molecule has 0 bridgehead atoms. The van der Waals surface area contributed by atoms with Crippen molar-refractivity contribution in [1.82, 2.24) is 4.90 Å². The van der Waals surface area contributed by atoms with Gasteiger partial charge in [0.05, 0.1) is 16.6 Å². The fourth-order valence-corrected chi connectivity index (χ4v) is 3.08. The average molecular weight is 366 g/mol. The van der Waals surface area contributed by atoms with E-state index in [0.29, 0.717) is 28.6 Å². The number of ether oxygens (including phenoxy) is 1. The molecule has 1 aliphatic heterocycles. The van der Waals surface area contributed by atoms with Crippen LogP contribution < -0.4 is 0 Å². The van der Waals surface area contributed by atoms with Crippen LogP contribution in [0.15, 0.2) is 48.5 Å². The first-order chi connectivity index (χ1) is 11.5. The zero-order chi connectivity index (χ0) is 17.2. The largest absolute Gasteiger partial charge is 0.445 e. The summed E-state index contributed by atoms with van der Waals surface area (Å²) in [5, 5.41) is 11.6. The summed E-state index contributed by atoms with van der Waals surface area (Å²) in [4.78, 5) is 13.7. The summed E-state index contributed by atoms with van der Waals surface area (Å²) in [7, 11) is 0. The molecule has 2 aromatic rings. The van der Waals surface area contributed by atoms with Crippen LogP contribution in [0.25, 0.3) is 0 Å². The fourth-order valence-electron chi connectivity index (χ4n) is 2.78. The number of hydrogen-bond donors (Lipinski definition) is 1. The molecule has 4 nitrogen and oxygen atoms in total. The fraction of sp³-hybridized carbons (Fsp3) is 0.278. The molecule has 1 heterocycles. The first kappa shape index (κ1) is 17.1. The Bertz CT molecular complexity index is 738. The van der Waals surface area contributed by atoms with Crippen LogP contribution in [0.3, 0.4) is 0 Å². The van der Waals surface area contributed by atoms with E-state index in [1.165, 1.54) is 4.90 Å². The van der Waals surface area contributed by atoms with Crippen molar-refractivity contribution in [1.29, 1.82) is 0 Å². The van der Waals surface area contributed by atoms with Gasteiger partial charge in [0.25, 0.3) is 0 Å². The summed E-state index contributed by atoms with van der Waals surface area (Å²) in [5.41, 5.74) is 0.431. The molecule has 1 atom stereocenters. The van der Waals surface area contributed by atoms with Gasteiger partial charge in [0.2, 0.25) is 0 Å². The summed E-state index contributed by atoms with van der Waals surface area (Å²) in [6, 6.07) is 14.5. The number of likely N-dealkylation sites (tertiary alicyclic amines) is 1. The molecule has 0 spiro atoms. The smallest absolute Gasteiger partial charge is 0.410 e. The van der Waals surface area contributed by atoms with Gasteiger partial charge in [0.15, 0.2) is 0 Å². The SMILES string of the molecule is O=C(OCc1ccccc1)N1CCC(O)(c2ccc(Cl)c(Cl)c2)C1. The van der Waals surface area contributed by atoms with Gasteiger partial charge < -0.3 is 14.7 Å². The van der Waals surface area contributed by atoms with Crippen LogP contribution in [0, 0.1) is 0 Å². The van der Waals surface area contributed by atoms with Crippen LogP contribution in [-0.4, -0.2) is 29.2 Å². The number of benzene rings is 2. The molecule has 1 unspecified atom stereocenters. The predicted octanol–water partition coefficient (Wildman–Crippen LogP) is 4.22. The third-order valence-electron chi connectivity index (χ3n) is 4.17. The molecule has 0 aromatic heterocycles. The van der Waals surface area contributed by atoms with Crippen LogP contribution in [0.2, 0.25) is 10.0 Å². The predicted molar refractivity (Wildman–Crippen MR) is 93.2 cm³/mol. The molecule has 1 amide bonds. The topological polar surface area (TPSA) is 49.8 Å². The van der Waals surface area contributed by atoms with Crippen molar-refractivity contribution in [2.24, 2.45) is 0 Å². The van der Waals surface area contributed by atoms with E-state index in [1.54, 1.807) is 18.2 Å².